The van der Waals surface area contributed by atoms with E-state index in [1.54, 1.807) is 24.3 Å². The van der Waals surface area contributed by atoms with Crippen LogP contribution >= 0.6 is 23.8 Å². The Labute approximate surface area is 196 Å². The first-order chi connectivity index (χ1) is 15.2. The molecule has 0 spiro atoms. The van der Waals surface area contributed by atoms with Crippen LogP contribution in [0.25, 0.3) is 22.6 Å². The van der Waals surface area contributed by atoms with Gasteiger partial charge in [-0.15, -0.1) is 0 Å². The highest BCUT2D eigenvalue weighted by molar-refractivity contribution is 7.80. The second-order valence-electron chi connectivity index (χ2n) is 8.42. The number of nitrogens with zero attached hydrogens (tertiary/aromatic N) is 1. The molecule has 0 unspecified atom stereocenters. The minimum Gasteiger partial charge on any atom is -0.436 e. The zero-order valence-electron chi connectivity index (χ0n) is 17.9. The van der Waals surface area contributed by atoms with Crippen LogP contribution in [0.3, 0.4) is 0 Å². The monoisotopic (exact) mass is 463 g/mol. The molecule has 3 aromatic carbocycles. The Bertz CT molecular complexity index is 1310. The lowest BCUT2D eigenvalue weighted by atomic mass is 9.87. The maximum absolute atomic E-state index is 12.4. The highest BCUT2D eigenvalue weighted by atomic mass is 35.5. The van der Waals surface area contributed by atoms with Crippen LogP contribution in [0.4, 0.5) is 5.69 Å². The van der Waals surface area contributed by atoms with Gasteiger partial charge in [-0.3, -0.25) is 10.1 Å². The number of carbonyl (C=O) groups excluding carboxylic acids is 1. The minimum absolute atomic E-state index is 0.0834. The van der Waals surface area contributed by atoms with Crippen molar-refractivity contribution in [1.82, 2.24) is 10.3 Å². The molecule has 4 rings (SSSR count). The van der Waals surface area contributed by atoms with Gasteiger partial charge in [-0.25, -0.2) is 4.98 Å². The molecule has 0 aliphatic rings. The van der Waals surface area contributed by atoms with E-state index in [1.807, 2.05) is 30.3 Å². The number of carbonyl (C=O) groups is 1. The van der Waals surface area contributed by atoms with Gasteiger partial charge in [0.2, 0.25) is 5.89 Å². The average Bonchev–Trinajstić information content (AvgIpc) is 3.17. The fourth-order valence-electron chi connectivity index (χ4n) is 3.22. The number of hydrogen-bond donors (Lipinski definition) is 2. The molecule has 0 aliphatic heterocycles. The van der Waals surface area contributed by atoms with Crippen LogP contribution in [0, 0.1) is 0 Å². The highest BCUT2D eigenvalue weighted by Crippen LogP contribution is 2.29. The summed E-state index contributed by atoms with van der Waals surface area (Å²) in [6.45, 7) is 6.53. The quantitative estimate of drug-likeness (QED) is 0.336. The number of nitrogens with one attached hydrogen (secondary N) is 2. The van der Waals surface area contributed by atoms with Gasteiger partial charge in [0.15, 0.2) is 10.7 Å². The largest absolute Gasteiger partial charge is 0.436 e. The fourth-order valence-corrected chi connectivity index (χ4v) is 3.65. The molecular weight excluding hydrogens is 442 g/mol. The molecule has 0 bridgehead atoms. The van der Waals surface area contributed by atoms with E-state index < -0.39 is 0 Å². The normalized spacial score (nSPS) is 11.4. The molecule has 5 nitrogen and oxygen atoms in total. The van der Waals surface area contributed by atoms with Crippen molar-refractivity contribution < 1.29 is 9.21 Å². The Morgan fingerprint density at radius 1 is 1.03 bits per heavy atom. The van der Waals surface area contributed by atoms with Gasteiger partial charge in [0.05, 0.1) is 10.6 Å². The molecule has 0 saturated carbocycles. The van der Waals surface area contributed by atoms with E-state index in [0.29, 0.717) is 33.3 Å². The number of rotatable bonds is 3. The third kappa shape index (κ3) is 4.82. The molecule has 32 heavy (non-hydrogen) atoms. The Morgan fingerprint density at radius 2 is 1.75 bits per heavy atom. The van der Waals surface area contributed by atoms with Gasteiger partial charge in [-0.05, 0) is 65.7 Å². The summed E-state index contributed by atoms with van der Waals surface area (Å²) < 4.78 is 5.92. The molecule has 2 N–H and O–H groups in total. The summed E-state index contributed by atoms with van der Waals surface area (Å²) >= 11 is 11.3. The molecule has 1 aromatic heterocycles. The number of halogens is 1. The van der Waals surface area contributed by atoms with E-state index in [2.05, 4.69) is 48.5 Å². The lowest BCUT2D eigenvalue weighted by Crippen LogP contribution is -2.34. The van der Waals surface area contributed by atoms with Crippen LogP contribution in [0.1, 0.15) is 36.7 Å². The molecular formula is C25H22ClN3O2S. The molecule has 0 atom stereocenters. The molecule has 0 radical (unpaired) electrons. The van der Waals surface area contributed by atoms with Gasteiger partial charge in [-0.1, -0.05) is 56.6 Å². The van der Waals surface area contributed by atoms with E-state index in [1.165, 1.54) is 5.56 Å². The summed E-state index contributed by atoms with van der Waals surface area (Å²) in [6.07, 6.45) is 0. The van der Waals surface area contributed by atoms with Crippen molar-refractivity contribution in [3.8, 4) is 11.5 Å². The van der Waals surface area contributed by atoms with Crippen molar-refractivity contribution in [2.24, 2.45) is 0 Å². The number of benzene rings is 3. The number of aromatic nitrogens is 1. The zero-order chi connectivity index (χ0) is 22.9. The van der Waals surface area contributed by atoms with Crippen molar-refractivity contribution in [3.05, 3.63) is 82.9 Å². The molecule has 0 aliphatic carbocycles. The Morgan fingerprint density at radius 3 is 2.44 bits per heavy atom. The van der Waals surface area contributed by atoms with Crippen molar-refractivity contribution in [2.75, 3.05) is 5.32 Å². The summed E-state index contributed by atoms with van der Waals surface area (Å²) in [4.78, 5) is 17.0. The van der Waals surface area contributed by atoms with Gasteiger partial charge in [-0.2, -0.15) is 0 Å². The summed E-state index contributed by atoms with van der Waals surface area (Å²) in [6, 6.07) is 20.5. The summed E-state index contributed by atoms with van der Waals surface area (Å²) in [5, 5.41) is 6.16. The topological polar surface area (TPSA) is 67.2 Å². The van der Waals surface area contributed by atoms with E-state index in [4.69, 9.17) is 28.2 Å². The zero-order valence-corrected chi connectivity index (χ0v) is 19.5. The second kappa shape index (κ2) is 8.73. The average molecular weight is 464 g/mol. The maximum atomic E-state index is 12.4. The Hall–Kier alpha value is -3.22. The van der Waals surface area contributed by atoms with Gasteiger partial charge in [0.25, 0.3) is 5.91 Å². The van der Waals surface area contributed by atoms with E-state index in [9.17, 15) is 4.79 Å². The molecule has 7 heteroatoms. The van der Waals surface area contributed by atoms with Crippen LogP contribution in [0.5, 0.6) is 0 Å². The van der Waals surface area contributed by atoms with Crippen LogP contribution < -0.4 is 10.6 Å². The molecule has 0 fully saturated rings. The standard InChI is InChI=1S/C25H22ClN3O2S/c1-25(2,3)16-10-8-15(9-11-16)23-28-20-14-17(12-13-21(20)31-23)27-24(32)29-22(30)18-6-4-5-7-19(18)26/h4-14H,1-3H3,(H2,27,29,30,32). The smallest absolute Gasteiger partial charge is 0.258 e. The summed E-state index contributed by atoms with van der Waals surface area (Å²) in [5.74, 6) is 0.170. The summed E-state index contributed by atoms with van der Waals surface area (Å²) in [5.41, 5.74) is 4.63. The first kappa shape index (κ1) is 22.0. The minimum atomic E-state index is -0.378. The fraction of sp³-hybridized carbons (Fsp3) is 0.160. The lowest BCUT2D eigenvalue weighted by Gasteiger charge is -2.18. The number of oxazole rings is 1. The maximum Gasteiger partial charge on any atom is 0.258 e. The van der Waals surface area contributed by atoms with Gasteiger partial charge < -0.3 is 9.73 Å². The van der Waals surface area contributed by atoms with Crippen molar-refractivity contribution in [1.29, 1.82) is 0 Å². The number of fused-ring (bicyclic) bond motifs is 1. The number of anilines is 1. The molecule has 162 valence electrons. The first-order valence-corrected chi connectivity index (χ1v) is 10.9. The van der Waals surface area contributed by atoms with Crippen LogP contribution in [0.2, 0.25) is 5.02 Å². The number of hydrogen-bond acceptors (Lipinski definition) is 4. The van der Waals surface area contributed by atoms with E-state index in [-0.39, 0.29) is 16.4 Å². The van der Waals surface area contributed by atoms with Crippen molar-refractivity contribution in [2.45, 2.75) is 26.2 Å². The SMILES string of the molecule is CC(C)(C)c1ccc(-c2nc3cc(NC(=S)NC(=O)c4ccccc4Cl)ccc3o2)cc1. The van der Waals surface area contributed by atoms with E-state index >= 15 is 0 Å². The van der Waals surface area contributed by atoms with Gasteiger partial charge in [0, 0.05) is 11.3 Å². The molecule has 4 aromatic rings. The number of amides is 1. The Balaban J connectivity index is 1.49. The van der Waals surface area contributed by atoms with Crippen molar-refractivity contribution >= 4 is 51.6 Å². The third-order valence-corrected chi connectivity index (χ3v) is 5.52. The second-order valence-corrected chi connectivity index (χ2v) is 9.23. The molecule has 1 amide bonds. The molecule has 1 heterocycles. The highest BCUT2D eigenvalue weighted by Gasteiger charge is 2.15. The third-order valence-electron chi connectivity index (χ3n) is 4.99. The van der Waals surface area contributed by atoms with E-state index in [0.717, 1.165) is 5.56 Å². The van der Waals surface area contributed by atoms with Crippen molar-refractivity contribution in [3.63, 3.8) is 0 Å². The Kier molecular flexibility index (Phi) is 6.00. The van der Waals surface area contributed by atoms with Gasteiger partial charge >= 0.3 is 0 Å². The molecule has 0 saturated heterocycles. The van der Waals surface area contributed by atoms with Crippen LogP contribution in [-0.4, -0.2) is 16.0 Å². The first-order valence-electron chi connectivity index (χ1n) is 10.1. The van der Waals surface area contributed by atoms with Crippen LogP contribution in [-0.2, 0) is 5.41 Å². The van der Waals surface area contributed by atoms with Crippen LogP contribution in [0.15, 0.2) is 71.1 Å². The van der Waals surface area contributed by atoms with Gasteiger partial charge in [0.1, 0.15) is 5.52 Å². The predicted molar refractivity (Wildman–Crippen MR) is 133 cm³/mol. The number of thiocarbonyl (C=S) groups is 1. The summed E-state index contributed by atoms with van der Waals surface area (Å²) in [7, 11) is 0. The predicted octanol–water partition coefficient (Wildman–Crippen LogP) is 6.57. The lowest BCUT2D eigenvalue weighted by molar-refractivity contribution is 0.0978.